The lowest BCUT2D eigenvalue weighted by Crippen LogP contribution is -2.49. The molecule has 0 spiro atoms. The number of rotatable bonds is 3. The number of piperidine rings is 2. The van der Waals surface area contributed by atoms with Gasteiger partial charge in [0.1, 0.15) is 11.3 Å². The molecule has 3 nitrogen and oxygen atoms in total. The summed E-state index contributed by atoms with van der Waals surface area (Å²) in [7, 11) is 0. The van der Waals surface area contributed by atoms with Gasteiger partial charge in [-0.25, -0.2) is 0 Å². The predicted octanol–water partition coefficient (Wildman–Crippen LogP) is 3.88. The van der Waals surface area contributed by atoms with Gasteiger partial charge in [-0.3, -0.25) is 9.88 Å². The molecule has 1 aromatic carbocycles. The largest absolute Gasteiger partial charge is 0.491 e. The molecular weight excluding hydrogens is 272 g/mol. The number of hydrogen-bond donors (Lipinski definition) is 0. The molecule has 0 radical (unpaired) electrons. The highest BCUT2D eigenvalue weighted by molar-refractivity contribution is 5.84. The van der Waals surface area contributed by atoms with E-state index in [0.29, 0.717) is 5.92 Å². The fourth-order valence-electron chi connectivity index (χ4n) is 4.16. The summed E-state index contributed by atoms with van der Waals surface area (Å²) in [5.41, 5.74) is 0.987. The molecule has 0 amide bonds. The number of fused-ring (bicyclic) bond motifs is 2. The minimum atomic E-state index is 0.674. The number of ether oxygens (including phenoxy) is 1. The number of pyridine rings is 1. The maximum Gasteiger partial charge on any atom is 0.145 e. The summed E-state index contributed by atoms with van der Waals surface area (Å²) in [6.07, 6.45) is 8.57. The second-order valence-electron chi connectivity index (χ2n) is 6.64. The molecule has 0 saturated carbocycles. The van der Waals surface area contributed by atoms with Crippen molar-refractivity contribution in [2.75, 3.05) is 19.7 Å². The number of benzene rings is 1. The Balaban J connectivity index is 1.49. The molecule has 0 aliphatic carbocycles. The predicted molar refractivity (Wildman–Crippen MR) is 89.2 cm³/mol. The van der Waals surface area contributed by atoms with Gasteiger partial charge < -0.3 is 4.74 Å². The summed E-state index contributed by atoms with van der Waals surface area (Å²) >= 11 is 0. The molecule has 0 bridgehead atoms. The fraction of sp³-hybridized carbons (Fsp3) is 0.526. The topological polar surface area (TPSA) is 25.4 Å². The Morgan fingerprint density at radius 2 is 1.95 bits per heavy atom. The smallest absolute Gasteiger partial charge is 0.145 e. The van der Waals surface area contributed by atoms with Gasteiger partial charge in [-0.1, -0.05) is 24.6 Å². The van der Waals surface area contributed by atoms with Gasteiger partial charge in [-0.05, 0) is 50.9 Å². The molecule has 3 heterocycles. The van der Waals surface area contributed by atoms with Crippen molar-refractivity contribution in [2.45, 2.75) is 38.1 Å². The van der Waals surface area contributed by atoms with E-state index in [4.69, 9.17) is 4.74 Å². The summed E-state index contributed by atoms with van der Waals surface area (Å²) in [5, 5.41) is 1.16. The Bertz CT molecular complexity index is 635. The molecule has 3 heteroatoms. The van der Waals surface area contributed by atoms with Crippen LogP contribution < -0.4 is 4.74 Å². The van der Waals surface area contributed by atoms with Crippen molar-refractivity contribution < 1.29 is 4.74 Å². The van der Waals surface area contributed by atoms with Crippen molar-refractivity contribution in [2.24, 2.45) is 5.92 Å². The standard InChI is InChI=1S/C19H24N2O/c1-2-12-21-13-5-8-16(17(21)9-1)14-22-18-10-3-6-15-7-4-11-20-19(15)18/h3-4,6-7,10-11,16-17H,1-2,5,8-9,12-14H2/t16-,17+/m1/s1. The van der Waals surface area contributed by atoms with Crippen LogP contribution in [-0.4, -0.2) is 35.6 Å². The highest BCUT2D eigenvalue weighted by Gasteiger charge is 2.33. The zero-order valence-corrected chi connectivity index (χ0v) is 13.1. The van der Waals surface area contributed by atoms with Gasteiger partial charge in [-0.15, -0.1) is 0 Å². The number of hydrogen-bond acceptors (Lipinski definition) is 3. The fourth-order valence-corrected chi connectivity index (χ4v) is 4.16. The highest BCUT2D eigenvalue weighted by Crippen LogP contribution is 2.32. The zero-order chi connectivity index (χ0) is 14.8. The lowest BCUT2D eigenvalue weighted by molar-refractivity contribution is 0.0368. The van der Waals surface area contributed by atoms with Gasteiger partial charge >= 0.3 is 0 Å². The summed E-state index contributed by atoms with van der Waals surface area (Å²) in [4.78, 5) is 7.19. The van der Waals surface area contributed by atoms with Crippen LogP contribution in [0.1, 0.15) is 32.1 Å². The summed E-state index contributed by atoms with van der Waals surface area (Å²) in [5.74, 6) is 1.61. The van der Waals surface area contributed by atoms with E-state index in [9.17, 15) is 0 Å². The SMILES string of the molecule is c1cnc2c(OC[C@H]3CCCN4CCCC[C@@H]34)cccc2c1. The summed E-state index contributed by atoms with van der Waals surface area (Å²) in [6.45, 7) is 3.41. The van der Waals surface area contributed by atoms with E-state index in [2.05, 4.69) is 34.1 Å². The van der Waals surface area contributed by atoms with E-state index in [0.717, 1.165) is 29.3 Å². The van der Waals surface area contributed by atoms with Gasteiger partial charge in [0.05, 0.1) is 6.61 Å². The highest BCUT2D eigenvalue weighted by atomic mass is 16.5. The lowest BCUT2D eigenvalue weighted by Gasteiger charge is -2.44. The van der Waals surface area contributed by atoms with Crippen LogP contribution in [0.25, 0.3) is 10.9 Å². The third-order valence-electron chi connectivity index (χ3n) is 5.28. The number of nitrogens with zero attached hydrogens (tertiary/aromatic N) is 2. The Morgan fingerprint density at radius 3 is 2.95 bits per heavy atom. The molecule has 4 rings (SSSR count). The molecule has 2 fully saturated rings. The van der Waals surface area contributed by atoms with Crippen molar-refractivity contribution in [1.29, 1.82) is 0 Å². The molecular formula is C19H24N2O. The minimum Gasteiger partial charge on any atom is -0.491 e. The Kier molecular flexibility index (Phi) is 3.98. The first-order valence-corrected chi connectivity index (χ1v) is 8.62. The summed E-state index contributed by atoms with van der Waals surface area (Å²) < 4.78 is 6.22. The summed E-state index contributed by atoms with van der Waals surface area (Å²) in [6, 6.07) is 11.0. The monoisotopic (exact) mass is 296 g/mol. The first-order valence-electron chi connectivity index (χ1n) is 8.62. The van der Waals surface area contributed by atoms with Gasteiger partial charge in [0, 0.05) is 23.5 Å². The third-order valence-corrected chi connectivity index (χ3v) is 5.28. The van der Waals surface area contributed by atoms with Crippen molar-refractivity contribution in [3.05, 3.63) is 36.5 Å². The quantitative estimate of drug-likeness (QED) is 0.859. The molecule has 0 unspecified atom stereocenters. The number of para-hydroxylation sites is 1. The Labute approximate surface area is 132 Å². The normalized spacial score (nSPS) is 25.8. The van der Waals surface area contributed by atoms with Crippen molar-refractivity contribution >= 4 is 10.9 Å². The van der Waals surface area contributed by atoms with Crippen LogP contribution in [0, 0.1) is 5.92 Å². The molecule has 2 aliphatic heterocycles. The average Bonchev–Trinajstić information content (AvgIpc) is 2.60. The van der Waals surface area contributed by atoms with Gasteiger partial charge in [0.25, 0.3) is 0 Å². The molecule has 116 valence electrons. The molecule has 2 aliphatic rings. The van der Waals surface area contributed by atoms with Gasteiger partial charge in [0.2, 0.25) is 0 Å². The van der Waals surface area contributed by atoms with E-state index in [1.807, 2.05) is 12.3 Å². The Hall–Kier alpha value is -1.61. The Morgan fingerprint density at radius 1 is 1.05 bits per heavy atom. The minimum absolute atomic E-state index is 0.674. The maximum absolute atomic E-state index is 6.22. The van der Waals surface area contributed by atoms with Crippen molar-refractivity contribution in [3.63, 3.8) is 0 Å². The van der Waals surface area contributed by atoms with Crippen LogP contribution in [-0.2, 0) is 0 Å². The van der Waals surface area contributed by atoms with Crippen LogP contribution in [0.3, 0.4) is 0 Å². The second-order valence-corrected chi connectivity index (χ2v) is 6.64. The van der Waals surface area contributed by atoms with E-state index in [1.54, 1.807) is 0 Å². The van der Waals surface area contributed by atoms with Crippen LogP contribution in [0.15, 0.2) is 36.5 Å². The van der Waals surface area contributed by atoms with E-state index < -0.39 is 0 Å². The maximum atomic E-state index is 6.22. The average molecular weight is 296 g/mol. The number of aromatic nitrogens is 1. The first-order chi connectivity index (χ1) is 10.9. The molecule has 2 saturated heterocycles. The van der Waals surface area contributed by atoms with Gasteiger partial charge in [-0.2, -0.15) is 0 Å². The third kappa shape index (κ3) is 2.70. The van der Waals surface area contributed by atoms with Crippen LogP contribution >= 0.6 is 0 Å². The van der Waals surface area contributed by atoms with Gasteiger partial charge in [0.15, 0.2) is 0 Å². The first kappa shape index (κ1) is 14.0. The van der Waals surface area contributed by atoms with Crippen LogP contribution in [0.5, 0.6) is 5.75 Å². The zero-order valence-electron chi connectivity index (χ0n) is 13.1. The molecule has 22 heavy (non-hydrogen) atoms. The van der Waals surface area contributed by atoms with Crippen molar-refractivity contribution in [3.8, 4) is 5.75 Å². The van der Waals surface area contributed by atoms with Crippen LogP contribution in [0.2, 0.25) is 0 Å². The molecule has 2 aromatic rings. The van der Waals surface area contributed by atoms with Crippen molar-refractivity contribution in [1.82, 2.24) is 9.88 Å². The lowest BCUT2D eigenvalue weighted by atomic mass is 9.84. The molecule has 2 atom stereocenters. The van der Waals surface area contributed by atoms with Crippen LogP contribution in [0.4, 0.5) is 0 Å². The van der Waals surface area contributed by atoms with E-state index >= 15 is 0 Å². The molecule has 0 N–H and O–H groups in total. The second kappa shape index (κ2) is 6.25. The van der Waals surface area contributed by atoms with E-state index in [1.165, 1.54) is 45.2 Å². The molecule has 1 aromatic heterocycles. The van der Waals surface area contributed by atoms with E-state index in [-0.39, 0.29) is 0 Å².